The maximum Gasteiger partial charge on any atom is 0.434 e. The van der Waals surface area contributed by atoms with Crippen LogP contribution in [0.15, 0.2) is 17.8 Å². The van der Waals surface area contributed by atoms with Crippen LogP contribution in [0, 0.1) is 0 Å². The van der Waals surface area contributed by atoms with Crippen LogP contribution in [-0.2, 0) is 12.7 Å². The average Bonchev–Trinajstić information content (AvgIpc) is 2.88. The van der Waals surface area contributed by atoms with E-state index in [-0.39, 0.29) is 6.54 Å². The number of halogens is 3. The van der Waals surface area contributed by atoms with E-state index in [2.05, 4.69) is 15.0 Å². The Morgan fingerprint density at radius 2 is 2.10 bits per heavy atom. The number of aromatic nitrogens is 3. The van der Waals surface area contributed by atoms with E-state index in [1.807, 2.05) is 6.92 Å². The first-order chi connectivity index (χ1) is 9.90. The Kier molecular flexibility index (Phi) is 4.61. The summed E-state index contributed by atoms with van der Waals surface area (Å²) in [6, 6.07) is 1.63. The van der Waals surface area contributed by atoms with Crippen LogP contribution in [0.1, 0.15) is 17.6 Å². The van der Waals surface area contributed by atoms with Crippen molar-refractivity contribution in [1.29, 1.82) is 0 Å². The molecule has 0 saturated heterocycles. The number of hydrogen-bond acceptors (Lipinski definition) is 6. The van der Waals surface area contributed by atoms with Crippen molar-refractivity contribution in [2.45, 2.75) is 19.6 Å². The van der Waals surface area contributed by atoms with Crippen molar-refractivity contribution in [2.24, 2.45) is 0 Å². The summed E-state index contributed by atoms with van der Waals surface area (Å²) in [5.41, 5.74) is -0.867. The van der Waals surface area contributed by atoms with E-state index in [1.54, 1.807) is 18.0 Å². The number of thiazole rings is 1. The molecule has 0 unspecified atom stereocenters. The van der Waals surface area contributed by atoms with Crippen molar-refractivity contribution in [2.75, 3.05) is 18.6 Å². The van der Waals surface area contributed by atoms with Gasteiger partial charge in [0.25, 0.3) is 0 Å². The summed E-state index contributed by atoms with van der Waals surface area (Å²) in [6.45, 7) is 2.53. The van der Waals surface area contributed by atoms with E-state index in [1.165, 1.54) is 6.33 Å². The quantitative estimate of drug-likeness (QED) is 0.848. The first-order valence-electron chi connectivity index (χ1n) is 6.07. The van der Waals surface area contributed by atoms with Crippen LogP contribution in [0.5, 0.6) is 5.88 Å². The van der Waals surface area contributed by atoms with Gasteiger partial charge >= 0.3 is 6.18 Å². The van der Waals surface area contributed by atoms with Crippen LogP contribution in [0.25, 0.3) is 0 Å². The summed E-state index contributed by atoms with van der Waals surface area (Å²) >= 11 is 0.966. The molecule has 0 aliphatic heterocycles. The largest absolute Gasteiger partial charge is 0.478 e. The zero-order valence-electron chi connectivity index (χ0n) is 11.4. The number of rotatable bonds is 5. The highest BCUT2D eigenvalue weighted by molar-refractivity contribution is 7.09. The minimum absolute atomic E-state index is 0.226. The van der Waals surface area contributed by atoms with Crippen LogP contribution in [0.3, 0.4) is 0 Å². The molecule has 0 aliphatic rings. The zero-order chi connectivity index (χ0) is 15.5. The van der Waals surface area contributed by atoms with Gasteiger partial charge in [-0.2, -0.15) is 13.2 Å². The summed E-state index contributed by atoms with van der Waals surface area (Å²) < 4.78 is 42.7. The van der Waals surface area contributed by atoms with E-state index < -0.39 is 11.9 Å². The molecule has 0 spiro atoms. The predicted molar refractivity (Wildman–Crippen MR) is 72.4 cm³/mol. The highest BCUT2D eigenvalue weighted by Crippen LogP contribution is 2.30. The van der Waals surface area contributed by atoms with Crippen molar-refractivity contribution >= 4 is 17.2 Å². The normalized spacial score (nSPS) is 11.5. The number of anilines is 1. The predicted octanol–water partition coefficient (Wildman–Crippen LogP) is 2.99. The Labute approximate surface area is 123 Å². The second-order valence-electron chi connectivity index (χ2n) is 4.13. The number of nitrogens with zero attached hydrogens (tertiary/aromatic N) is 4. The molecule has 2 aromatic heterocycles. The molecular weight excluding hydrogens is 305 g/mol. The minimum Gasteiger partial charge on any atom is -0.478 e. The lowest BCUT2D eigenvalue weighted by atomic mass is 10.4. The molecule has 0 saturated carbocycles. The molecule has 2 rings (SSSR count). The van der Waals surface area contributed by atoms with E-state index in [4.69, 9.17) is 4.74 Å². The highest BCUT2D eigenvalue weighted by atomic mass is 32.1. The third-order valence-corrected chi connectivity index (χ3v) is 3.36. The van der Waals surface area contributed by atoms with E-state index in [0.717, 1.165) is 16.7 Å². The lowest BCUT2D eigenvalue weighted by molar-refractivity contribution is -0.140. The number of alkyl halides is 3. The molecule has 0 radical (unpaired) electrons. The lowest BCUT2D eigenvalue weighted by Gasteiger charge is -2.16. The molecule has 0 aromatic carbocycles. The first-order valence-corrected chi connectivity index (χ1v) is 6.95. The van der Waals surface area contributed by atoms with Crippen molar-refractivity contribution < 1.29 is 17.9 Å². The average molecular weight is 318 g/mol. The summed E-state index contributed by atoms with van der Waals surface area (Å²) in [5, 5.41) is 1.37. The maximum atomic E-state index is 12.5. The Hall–Kier alpha value is -1.90. The van der Waals surface area contributed by atoms with Crippen LogP contribution < -0.4 is 9.64 Å². The van der Waals surface area contributed by atoms with Crippen molar-refractivity contribution in [3.8, 4) is 5.88 Å². The summed E-state index contributed by atoms with van der Waals surface area (Å²) in [6.07, 6.45) is -3.07. The van der Waals surface area contributed by atoms with Crippen LogP contribution >= 0.6 is 11.3 Å². The maximum absolute atomic E-state index is 12.5. The van der Waals surface area contributed by atoms with Gasteiger partial charge in [-0.3, -0.25) is 0 Å². The van der Waals surface area contributed by atoms with Crippen molar-refractivity contribution in [1.82, 2.24) is 15.0 Å². The third-order valence-electron chi connectivity index (χ3n) is 2.53. The van der Waals surface area contributed by atoms with Gasteiger partial charge in [0.1, 0.15) is 17.2 Å². The monoisotopic (exact) mass is 318 g/mol. The SMILES string of the molecule is CCOc1cc(N(C)Cc2nc(C(F)(F)F)cs2)ncn1. The Morgan fingerprint density at radius 3 is 2.71 bits per heavy atom. The van der Waals surface area contributed by atoms with Crippen LogP contribution in [0.2, 0.25) is 0 Å². The van der Waals surface area contributed by atoms with Gasteiger partial charge in [-0.15, -0.1) is 11.3 Å². The summed E-state index contributed by atoms with van der Waals surface area (Å²) in [7, 11) is 1.72. The molecule has 5 nitrogen and oxygen atoms in total. The van der Waals surface area contributed by atoms with Gasteiger partial charge in [-0.05, 0) is 6.92 Å². The van der Waals surface area contributed by atoms with Gasteiger partial charge in [-0.1, -0.05) is 0 Å². The Balaban J connectivity index is 2.09. The van der Waals surface area contributed by atoms with Gasteiger partial charge < -0.3 is 9.64 Å². The van der Waals surface area contributed by atoms with Gasteiger partial charge in [0, 0.05) is 18.5 Å². The standard InChI is InChI=1S/C12H13F3N4OS/c1-3-20-10-4-9(16-7-17-10)19(2)5-11-18-8(6-21-11)12(13,14)15/h4,6-7H,3,5H2,1-2H3. The van der Waals surface area contributed by atoms with Gasteiger partial charge in [0.05, 0.1) is 13.2 Å². The fourth-order valence-electron chi connectivity index (χ4n) is 1.56. The van der Waals surface area contributed by atoms with E-state index in [0.29, 0.717) is 23.3 Å². The summed E-state index contributed by atoms with van der Waals surface area (Å²) in [5.74, 6) is 0.974. The number of hydrogen-bond donors (Lipinski definition) is 0. The molecule has 9 heteroatoms. The van der Waals surface area contributed by atoms with E-state index in [9.17, 15) is 13.2 Å². The molecule has 0 atom stereocenters. The smallest absolute Gasteiger partial charge is 0.434 e. The molecular formula is C12H13F3N4OS. The van der Waals surface area contributed by atoms with E-state index >= 15 is 0 Å². The molecule has 2 aromatic rings. The summed E-state index contributed by atoms with van der Waals surface area (Å²) in [4.78, 5) is 13.3. The van der Waals surface area contributed by atoms with Crippen molar-refractivity contribution in [3.63, 3.8) is 0 Å². The lowest BCUT2D eigenvalue weighted by Crippen LogP contribution is -2.18. The fourth-order valence-corrected chi connectivity index (χ4v) is 2.42. The first kappa shape index (κ1) is 15.5. The molecule has 0 amide bonds. The third kappa shape index (κ3) is 4.03. The minimum atomic E-state index is -4.41. The number of ether oxygens (including phenoxy) is 1. The zero-order valence-corrected chi connectivity index (χ0v) is 12.2. The molecule has 0 N–H and O–H groups in total. The Morgan fingerprint density at radius 1 is 1.33 bits per heavy atom. The molecule has 0 fully saturated rings. The second kappa shape index (κ2) is 6.25. The van der Waals surface area contributed by atoms with Crippen LogP contribution in [-0.4, -0.2) is 28.6 Å². The van der Waals surface area contributed by atoms with Crippen molar-refractivity contribution in [3.05, 3.63) is 28.5 Å². The van der Waals surface area contributed by atoms with Gasteiger partial charge in [0.2, 0.25) is 5.88 Å². The topological polar surface area (TPSA) is 51.1 Å². The molecule has 0 aliphatic carbocycles. The highest BCUT2D eigenvalue weighted by Gasteiger charge is 2.33. The molecule has 21 heavy (non-hydrogen) atoms. The van der Waals surface area contributed by atoms with Gasteiger partial charge in [0.15, 0.2) is 5.69 Å². The van der Waals surface area contributed by atoms with Gasteiger partial charge in [-0.25, -0.2) is 15.0 Å². The Bertz CT molecular complexity index is 602. The van der Waals surface area contributed by atoms with Crippen LogP contribution in [0.4, 0.5) is 19.0 Å². The molecule has 2 heterocycles. The fraction of sp³-hybridized carbons (Fsp3) is 0.417. The second-order valence-corrected chi connectivity index (χ2v) is 5.07. The molecule has 114 valence electrons. The molecule has 0 bridgehead atoms.